The Balaban J connectivity index is 0.00000392. The molecule has 28 heavy (non-hydrogen) atoms. The molecule has 0 saturated carbocycles. The van der Waals surface area contributed by atoms with E-state index in [9.17, 15) is 4.79 Å². The van der Waals surface area contributed by atoms with E-state index in [1.165, 1.54) is 0 Å². The third-order valence-electron chi connectivity index (χ3n) is 3.77. The molecule has 0 fully saturated rings. The fraction of sp³-hybridized carbons (Fsp3) is 0.350. The van der Waals surface area contributed by atoms with Gasteiger partial charge in [0.2, 0.25) is 0 Å². The first-order chi connectivity index (χ1) is 13.2. The van der Waals surface area contributed by atoms with Crippen molar-refractivity contribution in [3.8, 4) is 0 Å². The van der Waals surface area contributed by atoms with E-state index < -0.39 is 0 Å². The molecule has 0 spiro atoms. The quantitative estimate of drug-likeness (QED) is 0.157. The molecular weight excluding hydrogens is 489 g/mol. The van der Waals surface area contributed by atoms with Gasteiger partial charge in [0, 0.05) is 37.9 Å². The molecule has 1 aromatic carbocycles. The lowest BCUT2D eigenvalue weighted by Crippen LogP contribution is -2.38. The number of aromatic nitrogens is 1. The van der Waals surface area contributed by atoms with Crippen LogP contribution in [-0.2, 0) is 6.42 Å². The van der Waals surface area contributed by atoms with Gasteiger partial charge in [0.15, 0.2) is 5.96 Å². The molecule has 0 unspecified atom stereocenters. The molecule has 0 bridgehead atoms. The smallest absolute Gasteiger partial charge is 0.251 e. The van der Waals surface area contributed by atoms with Crippen molar-refractivity contribution in [2.45, 2.75) is 19.8 Å². The zero-order chi connectivity index (χ0) is 19.3. The molecule has 152 valence electrons. The first-order valence-corrected chi connectivity index (χ1v) is 9.52. The molecular formula is C20H27ClIN5O. The van der Waals surface area contributed by atoms with Gasteiger partial charge in [-0.2, -0.15) is 0 Å². The number of carbonyl (C=O) groups is 1. The van der Waals surface area contributed by atoms with Crippen LogP contribution >= 0.6 is 35.6 Å². The number of amides is 1. The van der Waals surface area contributed by atoms with Crippen molar-refractivity contribution in [2.24, 2.45) is 4.99 Å². The molecule has 0 aliphatic carbocycles. The van der Waals surface area contributed by atoms with Crippen molar-refractivity contribution in [1.82, 2.24) is 20.9 Å². The van der Waals surface area contributed by atoms with Gasteiger partial charge in [0.1, 0.15) is 5.15 Å². The monoisotopic (exact) mass is 515 g/mol. The molecule has 0 aliphatic rings. The zero-order valence-electron chi connectivity index (χ0n) is 16.0. The summed E-state index contributed by atoms with van der Waals surface area (Å²) in [5.41, 5.74) is 1.79. The van der Waals surface area contributed by atoms with Crippen LogP contribution in [0.3, 0.4) is 0 Å². The predicted molar refractivity (Wildman–Crippen MR) is 126 cm³/mol. The first-order valence-electron chi connectivity index (χ1n) is 9.15. The van der Waals surface area contributed by atoms with Gasteiger partial charge < -0.3 is 16.0 Å². The number of hydrogen-bond donors (Lipinski definition) is 3. The number of carbonyl (C=O) groups excluding carboxylic acids is 1. The predicted octanol–water partition coefficient (Wildman–Crippen LogP) is 3.27. The Bertz CT molecular complexity index is 725. The van der Waals surface area contributed by atoms with Crippen LogP contribution in [0.4, 0.5) is 0 Å². The Morgan fingerprint density at radius 1 is 1.07 bits per heavy atom. The normalized spacial score (nSPS) is 10.7. The van der Waals surface area contributed by atoms with Crippen LogP contribution < -0.4 is 16.0 Å². The highest BCUT2D eigenvalue weighted by atomic mass is 127. The summed E-state index contributed by atoms with van der Waals surface area (Å²) < 4.78 is 0. The second-order valence-corrected chi connectivity index (χ2v) is 6.29. The van der Waals surface area contributed by atoms with Gasteiger partial charge >= 0.3 is 0 Å². The summed E-state index contributed by atoms with van der Waals surface area (Å²) >= 11 is 5.79. The maximum atomic E-state index is 12.0. The Hall–Kier alpha value is -1.87. The van der Waals surface area contributed by atoms with E-state index in [1.807, 2.05) is 31.2 Å². The number of guanidine groups is 1. The Kier molecular flexibility index (Phi) is 12.2. The third-order valence-corrected chi connectivity index (χ3v) is 3.99. The largest absolute Gasteiger partial charge is 0.357 e. The van der Waals surface area contributed by atoms with Gasteiger partial charge in [-0.3, -0.25) is 9.79 Å². The maximum Gasteiger partial charge on any atom is 0.251 e. The number of rotatable bonds is 9. The van der Waals surface area contributed by atoms with Gasteiger partial charge in [-0.05, 0) is 43.5 Å². The fourth-order valence-corrected chi connectivity index (χ4v) is 2.50. The summed E-state index contributed by atoms with van der Waals surface area (Å²) in [5.74, 6) is 0.718. The topological polar surface area (TPSA) is 78.4 Å². The van der Waals surface area contributed by atoms with Gasteiger partial charge in [0.05, 0.1) is 0 Å². The van der Waals surface area contributed by atoms with E-state index in [1.54, 1.807) is 24.4 Å². The molecule has 2 rings (SSSR count). The summed E-state index contributed by atoms with van der Waals surface area (Å²) in [7, 11) is 0. The van der Waals surface area contributed by atoms with E-state index in [4.69, 9.17) is 11.6 Å². The van der Waals surface area contributed by atoms with E-state index in [0.717, 1.165) is 37.5 Å². The number of nitrogens with one attached hydrogen (secondary N) is 3. The van der Waals surface area contributed by atoms with Crippen molar-refractivity contribution in [3.63, 3.8) is 0 Å². The number of halogens is 2. The fourth-order valence-electron chi connectivity index (χ4n) is 2.38. The SMILES string of the molecule is CCNC(=NCCCNC(=O)c1ccccc1)NCCc1ccc(Cl)nc1.I. The molecule has 3 N–H and O–H groups in total. The van der Waals surface area contributed by atoms with Gasteiger partial charge in [-0.15, -0.1) is 24.0 Å². The van der Waals surface area contributed by atoms with Crippen molar-refractivity contribution in [1.29, 1.82) is 0 Å². The van der Waals surface area contributed by atoms with E-state index >= 15 is 0 Å². The lowest BCUT2D eigenvalue weighted by Gasteiger charge is -2.11. The number of pyridine rings is 1. The second kappa shape index (κ2) is 14.2. The number of nitrogens with zero attached hydrogens (tertiary/aromatic N) is 2. The standard InChI is InChI=1S/C20H26ClN5O.HI/c1-2-22-20(25-14-11-16-9-10-18(21)26-15-16)24-13-6-12-23-19(27)17-7-4-3-5-8-17;/h3-5,7-10,15H,2,6,11-14H2,1H3,(H,23,27)(H2,22,24,25);1H. The highest BCUT2D eigenvalue weighted by molar-refractivity contribution is 14.0. The molecule has 1 aromatic heterocycles. The Labute approximate surface area is 188 Å². The zero-order valence-corrected chi connectivity index (χ0v) is 19.0. The van der Waals surface area contributed by atoms with Crippen LogP contribution in [-0.4, -0.2) is 43.0 Å². The molecule has 0 radical (unpaired) electrons. The average Bonchev–Trinajstić information content (AvgIpc) is 2.69. The Morgan fingerprint density at radius 3 is 2.54 bits per heavy atom. The summed E-state index contributed by atoms with van der Waals surface area (Å²) in [6.07, 6.45) is 3.39. The van der Waals surface area contributed by atoms with Crippen molar-refractivity contribution >= 4 is 47.4 Å². The van der Waals surface area contributed by atoms with E-state index in [2.05, 4.69) is 25.9 Å². The summed E-state index contributed by atoms with van der Waals surface area (Å²) in [5, 5.41) is 9.93. The molecule has 6 nitrogen and oxygen atoms in total. The van der Waals surface area contributed by atoms with Crippen LogP contribution in [0.1, 0.15) is 29.3 Å². The molecule has 1 amide bonds. The summed E-state index contributed by atoms with van der Waals surface area (Å²) in [4.78, 5) is 20.6. The minimum absolute atomic E-state index is 0. The van der Waals surface area contributed by atoms with E-state index in [0.29, 0.717) is 23.8 Å². The van der Waals surface area contributed by atoms with Crippen molar-refractivity contribution in [2.75, 3.05) is 26.2 Å². The number of benzene rings is 1. The van der Waals surface area contributed by atoms with Crippen LogP contribution in [0.5, 0.6) is 0 Å². The molecule has 0 atom stereocenters. The molecule has 2 aromatic rings. The molecule has 0 saturated heterocycles. The summed E-state index contributed by atoms with van der Waals surface area (Å²) in [6, 6.07) is 13.0. The molecule has 8 heteroatoms. The number of hydrogen-bond acceptors (Lipinski definition) is 3. The third kappa shape index (κ3) is 9.36. The lowest BCUT2D eigenvalue weighted by atomic mass is 10.2. The average molecular weight is 516 g/mol. The minimum atomic E-state index is -0.0545. The van der Waals surface area contributed by atoms with Crippen LogP contribution in [0.15, 0.2) is 53.7 Å². The van der Waals surface area contributed by atoms with Gasteiger partial charge in [-0.1, -0.05) is 35.9 Å². The molecule has 1 heterocycles. The first kappa shape index (κ1) is 24.2. The highest BCUT2D eigenvalue weighted by Gasteiger charge is 2.03. The van der Waals surface area contributed by atoms with Crippen molar-refractivity contribution < 1.29 is 4.79 Å². The Morgan fingerprint density at radius 2 is 1.86 bits per heavy atom. The van der Waals surface area contributed by atoms with Gasteiger partial charge in [0.25, 0.3) is 5.91 Å². The minimum Gasteiger partial charge on any atom is -0.357 e. The van der Waals surface area contributed by atoms with Crippen LogP contribution in [0.2, 0.25) is 5.15 Å². The van der Waals surface area contributed by atoms with Crippen molar-refractivity contribution in [3.05, 3.63) is 64.9 Å². The van der Waals surface area contributed by atoms with E-state index in [-0.39, 0.29) is 29.9 Å². The summed E-state index contributed by atoms with van der Waals surface area (Å²) in [6.45, 7) is 4.79. The molecule has 0 aliphatic heterocycles. The van der Waals surface area contributed by atoms with Crippen LogP contribution in [0, 0.1) is 0 Å². The second-order valence-electron chi connectivity index (χ2n) is 5.90. The highest BCUT2D eigenvalue weighted by Crippen LogP contribution is 2.05. The van der Waals surface area contributed by atoms with Gasteiger partial charge in [-0.25, -0.2) is 4.98 Å². The lowest BCUT2D eigenvalue weighted by molar-refractivity contribution is 0.0953. The number of aliphatic imine (C=N–C) groups is 1. The van der Waals surface area contributed by atoms with Crippen LogP contribution in [0.25, 0.3) is 0 Å². The maximum absolute atomic E-state index is 12.0.